The Kier molecular flexibility index (Phi) is 5.78. The number of ether oxygens (including phenoxy) is 1. The summed E-state index contributed by atoms with van der Waals surface area (Å²) in [7, 11) is 1.62. The Morgan fingerprint density at radius 3 is 2.66 bits per heavy atom. The van der Waals surface area contributed by atoms with E-state index in [1.807, 2.05) is 44.3 Å². The maximum absolute atomic E-state index is 13.3. The number of carbonyl (C=O) groups excluding carboxylic acids is 3. The molecule has 0 bridgehead atoms. The van der Waals surface area contributed by atoms with E-state index in [1.165, 1.54) is 4.90 Å². The molecule has 2 unspecified atom stereocenters. The predicted octanol–water partition coefficient (Wildman–Crippen LogP) is 3.64. The lowest BCUT2D eigenvalue weighted by atomic mass is 9.98. The number of carbonyl (C=O) groups is 3. The van der Waals surface area contributed by atoms with E-state index in [9.17, 15) is 14.4 Å². The maximum atomic E-state index is 13.3. The van der Waals surface area contributed by atoms with Crippen molar-refractivity contribution in [2.75, 3.05) is 12.0 Å². The second kappa shape index (κ2) is 8.92. The van der Waals surface area contributed by atoms with E-state index < -0.39 is 18.1 Å². The standard InChI is InChI=1S/C24H19N5O4.C2H6/c1-33-21(15-10-27-22-12(15)6-3-9-25-22)20-13-4-2-5-14-19(13)17(11-26-20)29(24(14)32)16-7-8-18(30)28-23(16)31;1-2/h2-6,9-11,16,21H,7-8H2,1H3,(H,25,27)(H,28,30,31);1-2H3. The lowest BCUT2D eigenvalue weighted by Gasteiger charge is -2.30. The van der Waals surface area contributed by atoms with E-state index in [4.69, 9.17) is 9.72 Å². The van der Waals surface area contributed by atoms with Crippen LogP contribution in [0.2, 0.25) is 0 Å². The Bertz CT molecular complexity index is 1480. The molecule has 9 heteroatoms. The summed E-state index contributed by atoms with van der Waals surface area (Å²) in [6.45, 7) is 4.00. The normalized spacial score (nSPS) is 18.0. The number of nitrogens with zero attached hydrogens (tertiary/aromatic N) is 3. The average molecular weight is 472 g/mol. The number of aromatic amines is 1. The van der Waals surface area contributed by atoms with Crippen LogP contribution in [0, 0.1) is 0 Å². The lowest BCUT2D eigenvalue weighted by Crippen LogP contribution is -2.53. The van der Waals surface area contributed by atoms with Crippen molar-refractivity contribution >= 4 is 45.2 Å². The van der Waals surface area contributed by atoms with Gasteiger partial charge >= 0.3 is 0 Å². The third kappa shape index (κ3) is 3.47. The zero-order valence-electron chi connectivity index (χ0n) is 19.7. The summed E-state index contributed by atoms with van der Waals surface area (Å²) in [5.74, 6) is -1.06. The van der Waals surface area contributed by atoms with Crippen LogP contribution in [0.5, 0.6) is 0 Å². The molecule has 178 valence electrons. The third-order valence-electron chi connectivity index (χ3n) is 6.40. The average Bonchev–Trinajstić information content (AvgIpc) is 3.43. The minimum Gasteiger partial charge on any atom is -0.370 e. The molecule has 2 atom stereocenters. The molecule has 0 radical (unpaired) electrons. The number of amides is 3. The molecular weight excluding hydrogens is 446 g/mol. The van der Waals surface area contributed by atoms with Gasteiger partial charge in [-0.1, -0.05) is 26.0 Å². The van der Waals surface area contributed by atoms with Gasteiger partial charge < -0.3 is 9.72 Å². The first-order valence-corrected chi connectivity index (χ1v) is 11.6. The predicted molar refractivity (Wildman–Crippen MR) is 131 cm³/mol. The summed E-state index contributed by atoms with van der Waals surface area (Å²) in [6.07, 6.45) is 5.16. The molecule has 35 heavy (non-hydrogen) atoms. The van der Waals surface area contributed by atoms with Crippen LogP contribution in [0.15, 0.2) is 48.9 Å². The molecular formula is C26H25N5O4. The fourth-order valence-corrected chi connectivity index (χ4v) is 4.93. The van der Waals surface area contributed by atoms with Gasteiger partial charge in [0.2, 0.25) is 11.8 Å². The minimum absolute atomic E-state index is 0.186. The van der Waals surface area contributed by atoms with Crippen LogP contribution in [0.4, 0.5) is 5.69 Å². The summed E-state index contributed by atoms with van der Waals surface area (Å²) < 4.78 is 5.89. The molecule has 1 fully saturated rings. The summed E-state index contributed by atoms with van der Waals surface area (Å²) in [6, 6.07) is 8.54. The van der Waals surface area contributed by atoms with Crippen LogP contribution in [-0.4, -0.2) is 45.8 Å². The van der Waals surface area contributed by atoms with E-state index in [-0.39, 0.29) is 24.7 Å². The fraction of sp³-hybridized carbons (Fsp3) is 0.269. The Morgan fingerprint density at radius 1 is 1.09 bits per heavy atom. The second-order valence-corrected chi connectivity index (χ2v) is 8.16. The highest BCUT2D eigenvalue weighted by atomic mass is 16.5. The van der Waals surface area contributed by atoms with Crippen molar-refractivity contribution in [1.29, 1.82) is 0 Å². The number of aromatic nitrogens is 3. The number of benzene rings is 1. The van der Waals surface area contributed by atoms with Crippen LogP contribution in [0.25, 0.3) is 21.8 Å². The highest BCUT2D eigenvalue weighted by Gasteiger charge is 2.41. The van der Waals surface area contributed by atoms with Gasteiger partial charge in [0.05, 0.1) is 17.6 Å². The van der Waals surface area contributed by atoms with Crippen molar-refractivity contribution < 1.29 is 19.1 Å². The second-order valence-electron chi connectivity index (χ2n) is 8.16. The third-order valence-corrected chi connectivity index (χ3v) is 6.40. The Balaban J connectivity index is 0.00000124. The van der Waals surface area contributed by atoms with Crippen molar-refractivity contribution in [2.45, 2.75) is 38.8 Å². The minimum atomic E-state index is -0.753. The molecule has 6 rings (SSSR count). The topological polar surface area (TPSA) is 117 Å². The van der Waals surface area contributed by atoms with Crippen LogP contribution in [0.3, 0.4) is 0 Å². The first-order chi connectivity index (χ1) is 17.1. The number of hydrogen-bond donors (Lipinski definition) is 2. The van der Waals surface area contributed by atoms with Gasteiger partial charge in [-0.25, -0.2) is 4.98 Å². The van der Waals surface area contributed by atoms with Crippen molar-refractivity contribution in [3.63, 3.8) is 0 Å². The zero-order chi connectivity index (χ0) is 24.7. The van der Waals surface area contributed by atoms with Crippen molar-refractivity contribution in [2.24, 2.45) is 0 Å². The summed E-state index contributed by atoms with van der Waals surface area (Å²) in [4.78, 5) is 51.2. The van der Waals surface area contributed by atoms with Gasteiger partial charge in [0.1, 0.15) is 17.8 Å². The molecule has 0 aliphatic carbocycles. The number of anilines is 1. The van der Waals surface area contributed by atoms with E-state index in [0.29, 0.717) is 16.9 Å². The van der Waals surface area contributed by atoms with Gasteiger partial charge in [-0.15, -0.1) is 0 Å². The quantitative estimate of drug-likeness (QED) is 0.439. The number of hydrogen-bond acceptors (Lipinski definition) is 6. The van der Waals surface area contributed by atoms with Gasteiger partial charge in [-0.3, -0.25) is 29.6 Å². The molecule has 2 aliphatic rings. The van der Waals surface area contributed by atoms with Crippen LogP contribution >= 0.6 is 0 Å². The van der Waals surface area contributed by atoms with Crippen molar-refractivity contribution in [3.8, 4) is 0 Å². The number of piperidine rings is 1. The molecule has 5 heterocycles. The molecule has 2 N–H and O–H groups in total. The maximum Gasteiger partial charge on any atom is 0.259 e. The number of nitrogens with one attached hydrogen (secondary N) is 2. The number of imide groups is 1. The number of pyridine rings is 2. The number of rotatable bonds is 4. The largest absolute Gasteiger partial charge is 0.370 e. The van der Waals surface area contributed by atoms with E-state index in [0.717, 1.165) is 27.4 Å². The van der Waals surface area contributed by atoms with E-state index in [2.05, 4.69) is 15.3 Å². The summed E-state index contributed by atoms with van der Waals surface area (Å²) in [5.41, 5.74) is 3.38. The summed E-state index contributed by atoms with van der Waals surface area (Å²) in [5, 5.41) is 4.77. The Labute approximate surface area is 201 Å². The number of fused-ring (bicyclic) bond motifs is 1. The van der Waals surface area contributed by atoms with Crippen LogP contribution < -0.4 is 10.2 Å². The van der Waals surface area contributed by atoms with Crippen LogP contribution in [-0.2, 0) is 14.3 Å². The molecule has 0 saturated carbocycles. The molecule has 9 nitrogen and oxygen atoms in total. The molecule has 1 aromatic carbocycles. The molecule has 1 saturated heterocycles. The van der Waals surface area contributed by atoms with Crippen molar-refractivity contribution in [3.05, 3.63) is 65.7 Å². The molecule has 2 aliphatic heterocycles. The number of H-pyrrole nitrogens is 1. The van der Waals surface area contributed by atoms with Gasteiger partial charge in [0.15, 0.2) is 0 Å². The first-order valence-electron chi connectivity index (χ1n) is 11.6. The van der Waals surface area contributed by atoms with Gasteiger partial charge in [0.25, 0.3) is 5.91 Å². The van der Waals surface area contributed by atoms with E-state index >= 15 is 0 Å². The molecule has 3 amide bonds. The van der Waals surface area contributed by atoms with Gasteiger partial charge in [-0.05, 0) is 24.6 Å². The number of methoxy groups -OCH3 is 1. The molecule has 3 aromatic heterocycles. The zero-order valence-corrected chi connectivity index (χ0v) is 19.7. The van der Waals surface area contributed by atoms with E-state index in [1.54, 1.807) is 25.6 Å². The molecule has 4 aromatic rings. The Hall–Kier alpha value is -4.11. The molecule has 0 spiro atoms. The first kappa shape index (κ1) is 22.7. The highest BCUT2D eigenvalue weighted by Crippen LogP contribution is 2.43. The monoisotopic (exact) mass is 471 g/mol. The van der Waals surface area contributed by atoms with Crippen molar-refractivity contribution in [1.82, 2.24) is 20.3 Å². The van der Waals surface area contributed by atoms with Gasteiger partial charge in [-0.2, -0.15) is 0 Å². The van der Waals surface area contributed by atoms with Gasteiger partial charge in [0, 0.05) is 53.2 Å². The fourth-order valence-electron chi connectivity index (χ4n) is 4.93. The Morgan fingerprint density at radius 2 is 1.89 bits per heavy atom. The lowest BCUT2D eigenvalue weighted by molar-refractivity contribution is -0.134. The van der Waals surface area contributed by atoms with Crippen LogP contribution in [0.1, 0.15) is 54.4 Å². The SMILES string of the molecule is CC.COC(c1c[nH]c2ncccc12)c1ncc2c3c(cccc13)C(=O)N2C1CCC(=O)NC1=O. The smallest absolute Gasteiger partial charge is 0.259 e. The summed E-state index contributed by atoms with van der Waals surface area (Å²) >= 11 is 0. The highest BCUT2D eigenvalue weighted by molar-refractivity contribution is 6.27.